The maximum absolute atomic E-state index is 12.3. The number of hydrogen-bond acceptors (Lipinski definition) is 3. The number of rotatable bonds is 4. The molecule has 9 heteroatoms. The van der Waals surface area contributed by atoms with Gasteiger partial charge in [-0.2, -0.15) is 8.42 Å². The van der Waals surface area contributed by atoms with Crippen LogP contribution in [0.1, 0.15) is 12.7 Å². The van der Waals surface area contributed by atoms with Gasteiger partial charge in [0.05, 0.1) is 11.9 Å². The number of nitrogens with one attached hydrogen (secondary N) is 2. The highest BCUT2D eigenvalue weighted by molar-refractivity contribution is 9.11. The Hall–Kier alpha value is -0.380. The van der Waals surface area contributed by atoms with Crippen molar-refractivity contribution in [2.24, 2.45) is 0 Å². The summed E-state index contributed by atoms with van der Waals surface area (Å²) in [4.78, 5) is 6.77. The Balaban J connectivity index is 2.38. The van der Waals surface area contributed by atoms with Crippen LogP contribution in [0.4, 0.5) is 5.69 Å². The van der Waals surface area contributed by atoms with Gasteiger partial charge in [-0.1, -0.05) is 22.9 Å². The number of H-pyrrole nitrogens is 1. The molecular formula is C11H10Br3N3O2S. The minimum absolute atomic E-state index is 0.0380. The Bertz CT molecular complexity index is 720. The number of aromatic amines is 1. The Morgan fingerprint density at radius 1 is 1.25 bits per heavy atom. The lowest BCUT2D eigenvalue weighted by Gasteiger charge is -2.11. The normalized spacial score (nSPS) is 11.6. The van der Waals surface area contributed by atoms with Crippen molar-refractivity contribution in [1.82, 2.24) is 9.97 Å². The minimum Gasteiger partial charge on any atom is -0.332 e. The van der Waals surface area contributed by atoms with Crippen molar-refractivity contribution < 1.29 is 8.42 Å². The summed E-state index contributed by atoms with van der Waals surface area (Å²) in [5.41, 5.74) is 0.431. The Morgan fingerprint density at radius 2 is 1.85 bits per heavy atom. The second-order valence-corrected chi connectivity index (χ2v) is 8.17. The first-order valence-corrected chi connectivity index (χ1v) is 9.41. The monoisotopic (exact) mass is 485 g/mol. The molecule has 2 aromatic rings. The van der Waals surface area contributed by atoms with Crippen LogP contribution in [0, 0.1) is 0 Å². The van der Waals surface area contributed by atoms with E-state index in [0.29, 0.717) is 26.9 Å². The van der Waals surface area contributed by atoms with Crippen molar-refractivity contribution in [3.63, 3.8) is 0 Å². The van der Waals surface area contributed by atoms with E-state index in [1.165, 1.54) is 6.20 Å². The first-order valence-electron chi connectivity index (χ1n) is 5.54. The summed E-state index contributed by atoms with van der Waals surface area (Å²) in [5.74, 6) is 0.624. The molecule has 0 aliphatic heterocycles. The lowest BCUT2D eigenvalue weighted by Crippen LogP contribution is -2.14. The molecule has 0 aliphatic carbocycles. The lowest BCUT2D eigenvalue weighted by atomic mass is 10.3. The van der Waals surface area contributed by atoms with Gasteiger partial charge in [-0.3, -0.25) is 4.72 Å². The quantitative estimate of drug-likeness (QED) is 0.683. The molecule has 2 rings (SSSR count). The van der Waals surface area contributed by atoms with E-state index in [0.717, 1.165) is 4.47 Å². The number of aryl methyl sites for hydroxylation is 1. The number of sulfonamides is 1. The number of halogens is 3. The predicted molar refractivity (Wildman–Crippen MR) is 88.3 cm³/mol. The Morgan fingerprint density at radius 3 is 2.35 bits per heavy atom. The highest BCUT2D eigenvalue weighted by Gasteiger charge is 2.20. The third kappa shape index (κ3) is 3.44. The van der Waals surface area contributed by atoms with Crippen LogP contribution in [0.2, 0.25) is 0 Å². The van der Waals surface area contributed by atoms with Crippen LogP contribution in [-0.4, -0.2) is 18.4 Å². The summed E-state index contributed by atoms with van der Waals surface area (Å²) in [5, 5.41) is 0.0380. The maximum atomic E-state index is 12.3. The van der Waals surface area contributed by atoms with E-state index in [1.807, 2.05) is 6.92 Å². The van der Waals surface area contributed by atoms with E-state index in [1.54, 1.807) is 12.1 Å². The third-order valence-electron chi connectivity index (χ3n) is 2.47. The molecule has 0 aliphatic rings. The van der Waals surface area contributed by atoms with Crippen LogP contribution in [0.3, 0.4) is 0 Å². The average molecular weight is 488 g/mol. The van der Waals surface area contributed by atoms with Crippen LogP contribution in [-0.2, 0) is 16.4 Å². The number of benzene rings is 1. The predicted octanol–water partition coefficient (Wildman–Crippen LogP) is 4.06. The van der Waals surface area contributed by atoms with Gasteiger partial charge in [0.1, 0.15) is 5.82 Å². The highest BCUT2D eigenvalue weighted by Crippen LogP contribution is 2.35. The van der Waals surface area contributed by atoms with Gasteiger partial charge in [-0.05, 0) is 44.0 Å². The second kappa shape index (κ2) is 6.17. The van der Waals surface area contributed by atoms with Gasteiger partial charge in [0.25, 0.3) is 10.0 Å². The topological polar surface area (TPSA) is 74.8 Å². The van der Waals surface area contributed by atoms with E-state index in [9.17, 15) is 8.42 Å². The van der Waals surface area contributed by atoms with Gasteiger partial charge < -0.3 is 4.98 Å². The van der Waals surface area contributed by atoms with E-state index >= 15 is 0 Å². The average Bonchev–Trinajstić information content (AvgIpc) is 2.83. The molecule has 2 N–H and O–H groups in total. The zero-order valence-corrected chi connectivity index (χ0v) is 15.8. The van der Waals surface area contributed by atoms with Gasteiger partial charge in [-0.15, -0.1) is 0 Å². The van der Waals surface area contributed by atoms with Crippen LogP contribution in [0.15, 0.2) is 36.8 Å². The molecule has 0 fully saturated rings. The zero-order valence-electron chi connectivity index (χ0n) is 10.2. The number of hydrogen-bond donors (Lipinski definition) is 2. The van der Waals surface area contributed by atoms with Gasteiger partial charge >= 0.3 is 0 Å². The van der Waals surface area contributed by atoms with Crippen molar-refractivity contribution in [3.8, 4) is 0 Å². The fourth-order valence-electron chi connectivity index (χ4n) is 1.49. The third-order valence-corrected chi connectivity index (χ3v) is 5.44. The molecular weight excluding hydrogens is 478 g/mol. The van der Waals surface area contributed by atoms with E-state index in [2.05, 4.69) is 62.5 Å². The van der Waals surface area contributed by atoms with Crippen molar-refractivity contribution in [2.75, 3.05) is 4.72 Å². The van der Waals surface area contributed by atoms with Crippen LogP contribution < -0.4 is 4.72 Å². The molecule has 0 amide bonds. The smallest absolute Gasteiger partial charge is 0.279 e. The molecule has 20 heavy (non-hydrogen) atoms. The number of anilines is 1. The number of nitrogens with zero attached hydrogens (tertiary/aromatic N) is 1. The van der Waals surface area contributed by atoms with Gasteiger partial charge in [0, 0.05) is 19.8 Å². The first-order chi connectivity index (χ1) is 9.33. The summed E-state index contributed by atoms with van der Waals surface area (Å²) in [6.07, 6.45) is 1.95. The molecule has 0 atom stereocenters. The van der Waals surface area contributed by atoms with E-state index in [-0.39, 0.29) is 5.03 Å². The number of imidazole rings is 1. The fraction of sp³-hybridized carbons (Fsp3) is 0.182. The summed E-state index contributed by atoms with van der Waals surface area (Å²) < 4.78 is 29.2. The van der Waals surface area contributed by atoms with E-state index < -0.39 is 10.0 Å². The van der Waals surface area contributed by atoms with Gasteiger partial charge in [0.2, 0.25) is 0 Å². The molecule has 0 radical (unpaired) electrons. The molecule has 1 aromatic carbocycles. The summed E-state index contributed by atoms with van der Waals surface area (Å²) in [6, 6.07) is 3.51. The summed E-state index contributed by atoms with van der Waals surface area (Å²) >= 11 is 9.99. The molecule has 108 valence electrons. The Labute approximate surface area is 142 Å². The minimum atomic E-state index is -3.70. The SMILES string of the molecule is CCc1ncc(S(=O)(=O)Nc2c(Br)cc(Br)cc2Br)[nH]1. The van der Waals surface area contributed by atoms with Crippen molar-refractivity contribution >= 4 is 63.5 Å². The maximum Gasteiger partial charge on any atom is 0.279 e. The van der Waals surface area contributed by atoms with Crippen molar-refractivity contribution in [2.45, 2.75) is 18.4 Å². The lowest BCUT2D eigenvalue weighted by molar-refractivity contribution is 0.598. The molecule has 1 heterocycles. The molecule has 0 unspecified atom stereocenters. The number of aromatic nitrogens is 2. The molecule has 5 nitrogen and oxygen atoms in total. The zero-order chi connectivity index (χ0) is 14.9. The van der Waals surface area contributed by atoms with Crippen LogP contribution >= 0.6 is 47.8 Å². The molecule has 0 saturated heterocycles. The van der Waals surface area contributed by atoms with Crippen molar-refractivity contribution in [1.29, 1.82) is 0 Å². The van der Waals surface area contributed by atoms with Crippen LogP contribution in [0.25, 0.3) is 0 Å². The Kier molecular flexibility index (Phi) is 4.93. The fourth-order valence-corrected chi connectivity index (χ4v) is 5.25. The van der Waals surface area contributed by atoms with Gasteiger partial charge in [0.15, 0.2) is 5.03 Å². The van der Waals surface area contributed by atoms with Crippen LogP contribution in [0.5, 0.6) is 0 Å². The van der Waals surface area contributed by atoms with Crippen molar-refractivity contribution in [3.05, 3.63) is 37.6 Å². The van der Waals surface area contributed by atoms with Gasteiger partial charge in [-0.25, -0.2) is 4.98 Å². The molecule has 0 saturated carbocycles. The van der Waals surface area contributed by atoms with E-state index in [4.69, 9.17) is 0 Å². The standard InChI is InChI=1S/C11H10Br3N3O2S/c1-2-9-15-5-10(16-9)20(18,19)17-11-7(13)3-6(12)4-8(11)14/h3-5,17H,2H2,1H3,(H,15,16). The second-order valence-electron chi connectivity index (χ2n) is 3.90. The molecule has 1 aromatic heterocycles. The summed E-state index contributed by atoms with van der Waals surface area (Å²) in [7, 11) is -3.70. The largest absolute Gasteiger partial charge is 0.332 e. The first kappa shape index (κ1) is 16.0. The molecule has 0 bridgehead atoms. The molecule has 0 spiro atoms. The summed E-state index contributed by atoms with van der Waals surface area (Å²) in [6.45, 7) is 1.89. The highest BCUT2D eigenvalue weighted by atomic mass is 79.9.